The topological polar surface area (TPSA) is 75.4 Å². The maximum absolute atomic E-state index is 12.9. The zero-order valence-corrected chi connectivity index (χ0v) is 18.5. The highest BCUT2D eigenvalue weighted by atomic mass is 32.2. The minimum atomic E-state index is -4.54. The van der Waals surface area contributed by atoms with Crippen LogP contribution in [0.5, 0.6) is 0 Å². The molecule has 0 atom stereocenters. The quantitative estimate of drug-likeness (QED) is 0.393. The number of carbonyl (C=O) groups is 2. The number of thioether (sulfide) groups is 1. The summed E-state index contributed by atoms with van der Waals surface area (Å²) in [5.41, 5.74) is -0.301. The van der Waals surface area contributed by atoms with Crippen LogP contribution in [0.15, 0.2) is 47.4 Å². The molecule has 1 aliphatic heterocycles. The van der Waals surface area contributed by atoms with Crippen molar-refractivity contribution in [3.8, 4) is 10.6 Å². The van der Waals surface area contributed by atoms with E-state index >= 15 is 0 Å². The molecule has 1 amide bonds. The minimum Gasteiger partial charge on any atom is -0.478 e. The molecule has 4 rings (SSSR count). The van der Waals surface area contributed by atoms with E-state index in [-0.39, 0.29) is 9.88 Å². The average Bonchev–Trinajstić information content (AvgIpc) is 3.40. The molecule has 0 spiro atoms. The first-order valence-electron chi connectivity index (χ1n) is 8.87. The van der Waals surface area contributed by atoms with E-state index < -0.39 is 23.7 Å². The summed E-state index contributed by atoms with van der Waals surface area (Å²) in [4.78, 5) is 26.9. The number of carboxylic acid groups (broad SMARTS) is 1. The van der Waals surface area contributed by atoms with Crippen LogP contribution < -0.4 is 4.90 Å². The zero-order chi connectivity index (χ0) is 23.2. The largest absolute Gasteiger partial charge is 0.478 e. The molecule has 1 fully saturated rings. The first-order valence-corrected chi connectivity index (χ1v) is 10.9. The van der Waals surface area contributed by atoms with Gasteiger partial charge in [-0.3, -0.25) is 14.4 Å². The van der Waals surface area contributed by atoms with Gasteiger partial charge in [-0.25, -0.2) is 4.79 Å². The number of nitrogens with zero attached hydrogens (tertiary/aromatic N) is 3. The van der Waals surface area contributed by atoms with Gasteiger partial charge in [0, 0.05) is 11.9 Å². The lowest BCUT2D eigenvalue weighted by Gasteiger charge is -2.14. The number of hydrogen-bond donors (Lipinski definition) is 1. The number of rotatable bonds is 4. The van der Waals surface area contributed by atoms with Crippen LogP contribution >= 0.6 is 35.3 Å². The van der Waals surface area contributed by atoms with Crippen LogP contribution in [0, 0.1) is 0 Å². The van der Waals surface area contributed by atoms with Gasteiger partial charge in [-0.15, -0.1) is 11.3 Å². The number of aromatic nitrogens is 2. The fourth-order valence-electron chi connectivity index (χ4n) is 3.00. The Hall–Kier alpha value is -2.96. The summed E-state index contributed by atoms with van der Waals surface area (Å²) in [5.74, 6) is -1.53. The normalized spacial score (nSPS) is 15.8. The van der Waals surface area contributed by atoms with Gasteiger partial charge in [-0.1, -0.05) is 30.0 Å². The lowest BCUT2D eigenvalue weighted by Crippen LogP contribution is -2.27. The number of carboxylic acids is 1. The summed E-state index contributed by atoms with van der Waals surface area (Å²) < 4.78 is 40.2. The van der Waals surface area contributed by atoms with E-state index in [1.165, 1.54) is 41.5 Å². The molecule has 0 radical (unpaired) electrons. The number of alkyl halides is 3. The van der Waals surface area contributed by atoms with E-state index in [0.717, 1.165) is 22.5 Å². The third-order valence-electron chi connectivity index (χ3n) is 4.47. The van der Waals surface area contributed by atoms with Gasteiger partial charge >= 0.3 is 12.1 Å². The van der Waals surface area contributed by atoms with E-state index in [1.54, 1.807) is 24.3 Å². The first kappa shape index (κ1) is 22.2. The molecular weight excluding hydrogens is 483 g/mol. The molecule has 3 aromatic rings. The molecule has 32 heavy (non-hydrogen) atoms. The van der Waals surface area contributed by atoms with E-state index in [2.05, 4.69) is 5.10 Å². The second-order valence-corrected chi connectivity index (χ2v) is 9.40. The molecule has 6 nitrogen and oxygen atoms in total. The number of carbonyl (C=O) groups excluding carboxylic acids is 1. The standard InChI is InChI=1S/C20H12F3N3O3S3/c1-25-13(9-16(24-25)20(21,22)23)14-6-5-12(31-14)8-15-17(27)26(19(30)32-15)11-4-2-3-10(7-11)18(28)29/h2-9H,1H3,(H,28,29). The van der Waals surface area contributed by atoms with Crippen LogP contribution in [0.1, 0.15) is 20.9 Å². The molecule has 1 aromatic carbocycles. The van der Waals surface area contributed by atoms with Gasteiger partial charge < -0.3 is 5.11 Å². The van der Waals surface area contributed by atoms with Crippen molar-refractivity contribution in [3.05, 3.63) is 63.5 Å². The van der Waals surface area contributed by atoms with Crippen molar-refractivity contribution < 1.29 is 27.9 Å². The van der Waals surface area contributed by atoms with Crippen molar-refractivity contribution in [2.24, 2.45) is 7.05 Å². The average molecular weight is 496 g/mol. The lowest BCUT2D eigenvalue weighted by molar-refractivity contribution is -0.141. The maximum atomic E-state index is 12.9. The van der Waals surface area contributed by atoms with Gasteiger partial charge in [0.05, 0.1) is 26.7 Å². The molecule has 1 N–H and O–H groups in total. The second kappa shape index (κ2) is 8.19. The Bertz CT molecular complexity index is 1290. The van der Waals surface area contributed by atoms with Crippen molar-refractivity contribution >= 4 is 63.3 Å². The zero-order valence-electron chi connectivity index (χ0n) is 16.1. The van der Waals surface area contributed by atoms with Crippen LogP contribution in [-0.4, -0.2) is 31.1 Å². The number of halogens is 3. The summed E-state index contributed by atoms with van der Waals surface area (Å²) >= 11 is 7.57. The third kappa shape index (κ3) is 4.20. The summed E-state index contributed by atoms with van der Waals surface area (Å²) in [7, 11) is 1.43. The number of aromatic carboxylic acids is 1. The van der Waals surface area contributed by atoms with Crippen LogP contribution in [0.4, 0.5) is 18.9 Å². The fourth-order valence-corrected chi connectivity index (χ4v) is 5.36. The molecule has 0 saturated carbocycles. The van der Waals surface area contributed by atoms with Gasteiger partial charge in [0.25, 0.3) is 5.91 Å². The Morgan fingerprint density at radius 3 is 2.62 bits per heavy atom. The van der Waals surface area contributed by atoms with Crippen LogP contribution in [-0.2, 0) is 18.0 Å². The minimum absolute atomic E-state index is 0.0258. The molecule has 0 aliphatic carbocycles. The van der Waals surface area contributed by atoms with Crippen molar-refractivity contribution in [2.45, 2.75) is 6.18 Å². The summed E-state index contributed by atoms with van der Waals surface area (Å²) in [6, 6.07) is 10.2. The molecule has 12 heteroatoms. The molecule has 164 valence electrons. The highest BCUT2D eigenvalue weighted by Crippen LogP contribution is 2.39. The number of benzene rings is 1. The number of aryl methyl sites for hydroxylation is 1. The Balaban J connectivity index is 1.61. The summed E-state index contributed by atoms with van der Waals surface area (Å²) in [6.07, 6.45) is -2.93. The van der Waals surface area contributed by atoms with Gasteiger partial charge in [0.1, 0.15) is 0 Å². The Labute approximate surface area is 193 Å². The number of hydrogen-bond acceptors (Lipinski definition) is 6. The second-order valence-electron chi connectivity index (χ2n) is 6.61. The number of amides is 1. The highest BCUT2D eigenvalue weighted by molar-refractivity contribution is 8.27. The molecular formula is C20H12F3N3O3S3. The van der Waals surface area contributed by atoms with Gasteiger partial charge in [-0.05, 0) is 42.5 Å². The molecule has 0 bridgehead atoms. The van der Waals surface area contributed by atoms with E-state index in [4.69, 9.17) is 12.2 Å². The van der Waals surface area contributed by atoms with Crippen LogP contribution in [0.25, 0.3) is 16.6 Å². The van der Waals surface area contributed by atoms with Crippen molar-refractivity contribution in [3.63, 3.8) is 0 Å². The van der Waals surface area contributed by atoms with Gasteiger partial charge in [0.2, 0.25) is 0 Å². The lowest BCUT2D eigenvalue weighted by atomic mass is 10.2. The van der Waals surface area contributed by atoms with E-state index in [1.807, 2.05) is 0 Å². The highest BCUT2D eigenvalue weighted by Gasteiger charge is 2.35. The Morgan fingerprint density at radius 1 is 1.22 bits per heavy atom. The molecule has 1 aliphatic rings. The first-order chi connectivity index (χ1) is 15.0. The smallest absolute Gasteiger partial charge is 0.435 e. The molecule has 0 unspecified atom stereocenters. The number of thiophene rings is 1. The van der Waals surface area contributed by atoms with Crippen molar-refractivity contribution in [2.75, 3.05) is 4.90 Å². The van der Waals surface area contributed by atoms with Gasteiger partial charge in [-0.2, -0.15) is 18.3 Å². The fraction of sp³-hybridized carbons (Fsp3) is 0.100. The van der Waals surface area contributed by atoms with Crippen molar-refractivity contribution in [1.29, 1.82) is 0 Å². The summed E-state index contributed by atoms with van der Waals surface area (Å²) in [5, 5.41) is 12.7. The predicted molar refractivity (Wildman–Crippen MR) is 121 cm³/mol. The predicted octanol–water partition coefficient (Wildman–Crippen LogP) is 5.27. The molecule has 2 aromatic heterocycles. The van der Waals surface area contributed by atoms with E-state index in [9.17, 15) is 27.9 Å². The Morgan fingerprint density at radius 2 is 1.97 bits per heavy atom. The van der Waals surface area contributed by atoms with E-state index in [0.29, 0.717) is 26.0 Å². The summed E-state index contributed by atoms with van der Waals surface area (Å²) in [6.45, 7) is 0. The molecule has 1 saturated heterocycles. The maximum Gasteiger partial charge on any atom is 0.435 e. The monoisotopic (exact) mass is 495 g/mol. The number of anilines is 1. The molecule has 3 heterocycles. The van der Waals surface area contributed by atoms with Crippen LogP contribution in [0.3, 0.4) is 0 Å². The van der Waals surface area contributed by atoms with Gasteiger partial charge in [0.15, 0.2) is 10.0 Å². The number of thiocarbonyl (C=S) groups is 1. The SMILES string of the molecule is Cn1nc(C(F)(F)F)cc1-c1ccc(C=C2SC(=S)N(c3cccc(C(=O)O)c3)C2=O)s1. The van der Waals surface area contributed by atoms with Crippen LogP contribution in [0.2, 0.25) is 0 Å². The van der Waals surface area contributed by atoms with Crippen molar-refractivity contribution in [1.82, 2.24) is 9.78 Å². The Kier molecular flexibility index (Phi) is 5.69. The third-order valence-corrected chi connectivity index (χ3v) is 6.82.